The number of rotatable bonds is 7. The number of amides is 1. The lowest BCUT2D eigenvalue weighted by Gasteiger charge is -2.21. The number of anilines is 1. The molecule has 0 aliphatic heterocycles. The molecule has 0 saturated heterocycles. The van der Waals surface area contributed by atoms with Crippen molar-refractivity contribution in [2.75, 3.05) is 11.1 Å². The fraction of sp³-hybridized carbons (Fsp3) is 0.500. The van der Waals surface area contributed by atoms with Gasteiger partial charge >= 0.3 is 0 Å². The molecule has 2 N–H and O–H groups in total. The van der Waals surface area contributed by atoms with Gasteiger partial charge in [-0.15, -0.1) is 10.2 Å². The second-order valence-electron chi connectivity index (χ2n) is 6.34. The monoisotopic (exact) mass is 376 g/mol. The molecule has 5 nitrogen and oxygen atoms in total. The largest absolute Gasteiger partial charge is 0.357 e. The number of carbonyl (C=O) groups is 1. The van der Waals surface area contributed by atoms with Gasteiger partial charge in [0.15, 0.2) is 4.34 Å². The van der Waals surface area contributed by atoms with Crippen LogP contribution in [-0.4, -0.2) is 27.9 Å². The first-order chi connectivity index (χ1) is 12.2. The van der Waals surface area contributed by atoms with E-state index in [4.69, 9.17) is 0 Å². The van der Waals surface area contributed by atoms with E-state index in [0.717, 1.165) is 15.0 Å². The molecule has 1 aliphatic rings. The molecule has 1 aliphatic carbocycles. The van der Waals surface area contributed by atoms with Crippen molar-refractivity contribution in [2.45, 2.75) is 55.5 Å². The summed E-state index contributed by atoms with van der Waals surface area (Å²) in [5, 5.41) is 15.7. The third-order valence-electron chi connectivity index (χ3n) is 4.34. The zero-order valence-electron chi connectivity index (χ0n) is 14.4. The molecule has 134 valence electrons. The number of thioether (sulfide) groups is 1. The average molecular weight is 377 g/mol. The minimum atomic E-state index is 0.00671. The summed E-state index contributed by atoms with van der Waals surface area (Å²) in [5.74, 6) is 0.369. The number of aromatic nitrogens is 2. The van der Waals surface area contributed by atoms with Gasteiger partial charge in [0.25, 0.3) is 0 Å². The van der Waals surface area contributed by atoms with E-state index >= 15 is 0 Å². The Morgan fingerprint density at radius 1 is 1.24 bits per heavy atom. The molecule has 3 rings (SSSR count). The Kier molecular flexibility index (Phi) is 6.69. The maximum Gasteiger partial charge on any atom is 0.230 e. The predicted molar refractivity (Wildman–Crippen MR) is 104 cm³/mol. The highest BCUT2D eigenvalue weighted by Crippen LogP contribution is 2.28. The minimum Gasteiger partial charge on any atom is -0.357 e. The van der Waals surface area contributed by atoms with E-state index in [1.165, 1.54) is 55.2 Å². The summed E-state index contributed by atoms with van der Waals surface area (Å²) in [4.78, 5) is 12.1. The maximum absolute atomic E-state index is 12.1. The molecular formula is C18H24N4OS2. The maximum atomic E-state index is 12.1. The van der Waals surface area contributed by atoms with Gasteiger partial charge in [0.1, 0.15) is 0 Å². The second-order valence-corrected chi connectivity index (χ2v) is 8.54. The van der Waals surface area contributed by atoms with Crippen molar-refractivity contribution in [3.05, 3.63) is 35.9 Å². The SMILES string of the molecule is C[C@@H](NC(=O)CSc1nnc(NC2CCCCC2)s1)c1ccccc1. The van der Waals surface area contributed by atoms with E-state index in [9.17, 15) is 4.79 Å². The van der Waals surface area contributed by atoms with Crippen LogP contribution in [-0.2, 0) is 4.79 Å². The van der Waals surface area contributed by atoms with Crippen LogP contribution in [0.3, 0.4) is 0 Å². The van der Waals surface area contributed by atoms with Crippen LogP contribution in [0.4, 0.5) is 5.13 Å². The molecule has 7 heteroatoms. The Morgan fingerprint density at radius 2 is 2.00 bits per heavy atom. The first kappa shape index (κ1) is 18.2. The Morgan fingerprint density at radius 3 is 2.76 bits per heavy atom. The average Bonchev–Trinajstić information content (AvgIpc) is 3.09. The van der Waals surface area contributed by atoms with Crippen molar-refractivity contribution in [1.82, 2.24) is 15.5 Å². The van der Waals surface area contributed by atoms with Gasteiger partial charge in [0, 0.05) is 6.04 Å². The lowest BCUT2D eigenvalue weighted by molar-refractivity contribution is -0.119. The van der Waals surface area contributed by atoms with Gasteiger partial charge in [-0.3, -0.25) is 4.79 Å². The number of hydrogen-bond donors (Lipinski definition) is 2. The molecule has 0 radical (unpaired) electrons. The van der Waals surface area contributed by atoms with Crippen molar-refractivity contribution in [2.24, 2.45) is 0 Å². The first-order valence-corrected chi connectivity index (χ1v) is 10.6. The number of hydrogen-bond acceptors (Lipinski definition) is 6. The van der Waals surface area contributed by atoms with Gasteiger partial charge in [0.2, 0.25) is 11.0 Å². The van der Waals surface area contributed by atoms with Crippen molar-refractivity contribution >= 4 is 34.1 Å². The topological polar surface area (TPSA) is 66.9 Å². The summed E-state index contributed by atoms with van der Waals surface area (Å²) in [6.45, 7) is 2.00. The lowest BCUT2D eigenvalue weighted by atomic mass is 9.96. The van der Waals surface area contributed by atoms with Crippen LogP contribution in [0.5, 0.6) is 0 Å². The highest BCUT2D eigenvalue weighted by atomic mass is 32.2. The molecule has 0 unspecified atom stereocenters. The summed E-state index contributed by atoms with van der Waals surface area (Å²) in [5.41, 5.74) is 1.11. The van der Waals surface area contributed by atoms with Crippen LogP contribution in [0.25, 0.3) is 0 Å². The van der Waals surface area contributed by atoms with Crippen molar-refractivity contribution in [1.29, 1.82) is 0 Å². The molecule has 1 aromatic carbocycles. The third-order valence-corrected chi connectivity index (χ3v) is 6.33. The van der Waals surface area contributed by atoms with Crippen molar-refractivity contribution in [3.8, 4) is 0 Å². The van der Waals surface area contributed by atoms with E-state index in [2.05, 4.69) is 20.8 Å². The Labute approximate surface area is 157 Å². The zero-order valence-corrected chi connectivity index (χ0v) is 16.0. The first-order valence-electron chi connectivity index (χ1n) is 8.78. The smallest absolute Gasteiger partial charge is 0.230 e. The standard InChI is InChI=1S/C18H24N4OS2/c1-13(14-8-4-2-5-9-14)19-16(23)12-24-18-22-21-17(25-18)20-15-10-6-3-7-11-15/h2,4-5,8-9,13,15H,3,6-7,10-12H2,1H3,(H,19,23)(H,20,21)/t13-/m1/s1. The summed E-state index contributed by atoms with van der Waals surface area (Å²) in [6, 6.07) is 10.5. The van der Waals surface area contributed by atoms with E-state index in [1.807, 2.05) is 37.3 Å². The number of carbonyl (C=O) groups excluding carboxylic acids is 1. The van der Waals surface area contributed by atoms with Gasteiger partial charge in [-0.1, -0.05) is 72.7 Å². The summed E-state index contributed by atoms with van der Waals surface area (Å²) in [6.07, 6.45) is 6.34. The van der Waals surface area contributed by atoms with Crippen molar-refractivity contribution < 1.29 is 4.79 Å². The number of nitrogens with one attached hydrogen (secondary N) is 2. The van der Waals surface area contributed by atoms with Crippen LogP contribution in [0.1, 0.15) is 50.6 Å². The summed E-state index contributed by atoms with van der Waals surface area (Å²) >= 11 is 2.97. The van der Waals surface area contributed by atoms with Gasteiger partial charge in [-0.25, -0.2) is 0 Å². The molecule has 1 heterocycles. The molecule has 1 atom stereocenters. The Bertz CT molecular complexity index is 671. The predicted octanol–water partition coefficient (Wildman–Crippen LogP) is 4.25. The Hall–Kier alpha value is -1.60. The molecule has 25 heavy (non-hydrogen) atoms. The summed E-state index contributed by atoms with van der Waals surface area (Å²) in [7, 11) is 0. The molecule has 1 saturated carbocycles. The fourth-order valence-electron chi connectivity index (χ4n) is 2.98. The van der Waals surface area contributed by atoms with Crippen LogP contribution < -0.4 is 10.6 Å². The van der Waals surface area contributed by atoms with Gasteiger partial charge in [-0.05, 0) is 25.3 Å². The van der Waals surface area contributed by atoms with Crippen LogP contribution >= 0.6 is 23.1 Å². The molecule has 1 amide bonds. The fourth-order valence-corrected chi connectivity index (χ4v) is 4.62. The zero-order chi connectivity index (χ0) is 17.5. The van der Waals surface area contributed by atoms with Crippen LogP contribution in [0, 0.1) is 0 Å². The minimum absolute atomic E-state index is 0.00671. The highest BCUT2D eigenvalue weighted by molar-refractivity contribution is 8.01. The van der Waals surface area contributed by atoms with Crippen molar-refractivity contribution in [3.63, 3.8) is 0 Å². The molecule has 0 spiro atoms. The molecule has 1 aromatic heterocycles. The van der Waals surface area contributed by atoms with Gasteiger partial charge in [-0.2, -0.15) is 0 Å². The second kappa shape index (κ2) is 9.20. The Balaban J connectivity index is 1.43. The normalized spacial score (nSPS) is 16.4. The quantitative estimate of drug-likeness (QED) is 0.707. The van der Waals surface area contributed by atoms with E-state index in [0.29, 0.717) is 11.8 Å². The van der Waals surface area contributed by atoms with E-state index in [1.54, 1.807) is 0 Å². The highest BCUT2D eigenvalue weighted by Gasteiger charge is 2.16. The molecular weight excluding hydrogens is 352 g/mol. The lowest BCUT2D eigenvalue weighted by Crippen LogP contribution is -2.28. The molecule has 0 bridgehead atoms. The van der Waals surface area contributed by atoms with Gasteiger partial charge < -0.3 is 10.6 Å². The van der Waals surface area contributed by atoms with Crippen LogP contribution in [0.15, 0.2) is 34.7 Å². The van der Waals surface area contributed by atoms with Crippen LogP contribution in [0.2, 0.25) is 0 Å². The van der Waals surface area contributed by atoms with E-state index in [-0.39, 0.29) is 11.9 Å². The molecule has 2 aromatic rings. The number of nitrogens with zero attached hydrogens (tertiary/aromatic N) is 2. The number of benzene rings is 1. The van der Waals surface area contributed by atoms with Gasteiger partial charge in [0.05, 0.1) is 11.8 Å². The van der Waals surface area contributed by atoms with E-state index < -0.39 is 0 Å². The third kappa shape index (κ3) is 5.71. The summed E-state index contributed by atoms with van der Waals surface area (Å²) < 4.78 is 0.834. The molecule has 1 fully saturated rings.